The van der Waals surface area contributed by atoms with Crippen LogP contribution in [0.1, 0.15) is 27.8 Å². The summed E-state index contributed by atoms with van der Waals surface area (Å²) in [6.07, 6.45) is 1.01. The van der Waals surface area contributed by atoms with E-state index in [1.807, 2.05) is 0 Å². The number of hydrogen-bond acceptors (Lipinski definition) is 2. The third-order valence-corrected chi connectivity index (χ3v) is 10.6. The standard InChI is InChI=1S/C45H32N2/c1-2-13-31(14-3-1)32-25-27-34(28-26-32)47-42-23-10-7-19-38(42)45(39-20-8-11-24-43(39)47)37-18-6-9-22-41(37)46-30-29-33-15-4-5-16-35(33)36-17-12-21-40(45)44(36)46/h1-28H,29-30H2. The maximum atomic E-state index is 2.60. The molecule has 47 heavy (non-hydrogen) atoms. The summed E-state index contributed by atoms with van der Waals surface area (Å²) in [5, 5.41) is 0. The number of para-hydroxylation sites is 4. The fourth-order valence-corrected chi connectivity index (χ4v) is 8.65. The van der Waals surface area contributed by atoms with Crippen molar-refractivity contribution in [1.29, 1.82) is 0 Å². The number of rotatable bonds is 2. The van der Waals surface area contributed by atoms with Crippen molar-refractivity contribution < 1.29 is 0 Å². The van der Waals surface area contributed by atoms with Crippen LogP contribution in [0.2, 0.25) is 0 Å². The lowest BCUT2D eigenvalue weighted by atomic mass is 9.59. The molecule has 3 aliphatic rings. The van der Waals surface area contributed by atoms with E-state index in [1.165, 1.54) is 72.8 Å². The van der Waals surface area contributed by atoms with E-state index in [4.69, 9.17) is 0 Å². The third-order valence-electron chi connectivity index (χ3n) is 10.6. The van der Waals surface area contributed by atoms with Gasteiger partial charge in [-0.2, -0.15) is 0 Å². The first-order valence-electron chi connectivity index (χ1n) is 16.6. The molecule has 0 saturated carbocycles. The zero-order valence-corrected chi connectivity index (χ0v) is 26.0. The molecule has 0 atom stereocenters. The molecule has 0 bridgehead atoms. The number of nitrogens with zero attached hydrogens (tertiary/aromatic N) is 2. The highest BCUT2D eigenvalue weighted by Crippen LogP contribution is 2.64. The molecule has 0 aromatic heterocycles. The predicted molar refractivity (Wildman–Crippen MR) is 195 cm³/mol. The van der Waals surface area contributed by atoms with E-state index < -0.39 is 5.41 Å². The van der Waals surface area contributed by atoms with E-state index in [2.05, 4.69) is 180 Å². The van der Waals surface area contributed by atoms with Crippen molar-refractivity contribution >= 4 is 28.4 Å². The van der Waals surface area contributed by atoms with Gasteiger partial charge in [0.2, 0.25) is 0 Å². The molecule has 222 valence electrons. The molecule has 1 spiro atoms. The maximum Gasteiger partial charge on any atom is 0.0782 e. The van der Waals surface area contributed by atoms with E-state index in [1.54, 1.807) is 0 Å². The average molecular weight is 601 g/mol. The Morgan fingerprint density at radius 1 is 0.404 bits per heavy atom. The van der Waals surface area contributed by atoms with Crippen LogP contribution in [0.25, 0.3) is 22.3 Å². The first-order valence-corrected chi connectivity index (χ1v) is 16.6. The van der Waals surface area contributed by atoms with Gasteiger partial charge in [-0.05, 0) is 81.3 Å². The van der Waals surface area contributed by atoms with Crippen molar-refractivity contribution in [2.75, 3.05) is 16.3 Å². The first kappa shape index (κ1) is 26.4. The Hall–Kier alpha value is -5.86. The maximum absolute atomic E-state index is 2.60. The average Bonchev–Trinajstić information content (AvgIpc) is 3.32. The Balaban J connectivity index is 1.28. The quantitative estimate of drug-likeness (QED) is 0.195. The monoisotopic (exact) mass is 600 g/mol. The lowest BCUT2D eigenvalue weighted by Crippen LogP contribution is -2.43. The minimum absolute atomic E-state index is 0.495. The number of benzene rings is 7. The fourth-order valence-electron chi connectivity index (χ4n) is 8.65. The highest BCUT2D eigenvalue weighted by atomic mass is 15.2. The van der Waals surface area contributed by atoms with Crippen LogP contribution in [-0.2, 0) is 11.8 Å². The van der Waals surface area contributed by atoms with Gasteiger partial charge in [0.15, 0.2) is 0 Å². The molecule has 7 aromatic rings. The van der Waals surface area contributed by atoms with E-state index in [0.29, 0.717) is 0 Å². The molecule has 7 aromatic carbocycles. The van der Waals surface area contributed by atoms with Gasteiger partial charge in [-0.3, -0.25) is 0 Å². The molecule has 0 unspecified atom stereocenters. The summed E-state index contributed by atoms with van der Waals surface area (Å²) in [6.45, 7) is 0.942. The van der Waals surface area contributed by atoms with Crippen molar-refractivity contribution in [2.24, 2.45) is 0 Å². The summed E-state index contributed by atoms with van der Waals surface area (Å²) in [5.74, 6) is 0. The van der Waals surface area contributed by atoms with Gasteiger partial charge < -0.3 is 9.80 Å². The van der Waals surface area contributed by atoms with Crippen molar-refractivity contribution in [3.05, 3.63) is 198 Å². The number of anilines is 5. The van der Waals surface area contributed by atoms with Crippen molar-refractivity contribution in [3.63, 3.8) is 0 Å². The molecular formula is C45H32N2. The molecule has 0 aliphatic carbocycles. The Kier molecular flexibility index (Phi) is 5.65. The second-order valence-corrected chi connectivity index (χ2v) is 12.8. The second kappa shape index (κ2) is 10.1. The van der Waals surface area contributed by atoms with Crippen molar-refractivity contribution in [2.45, 2.75) is 11.8 Å². The summed E-state index contributed by atoms with van der Waals surface area (Å²) in [6, 6.07) is 63.0. The minimum Gasteiger partial charge on any atom is -0.340 e. The van der Waals surface area contributed by atoms with Crippen LogP contribution in [0.5, 0.6) is 0 Å². The summed E-state index contributed by atoms with van der Waals surface area (Å²) in [7, 11) is 0. The van der Waals surface area contributed by atoms with E-state index in [-0.39, 0.29) is 0 Å². The van der Waals surface area contributed by atoms with Crippen molar-refractivity contribution in [1.82, 2.24) is 0 Å². The summed E-state index contributed by atoms with van der Waals surface area (Å²) >= 11 is 0. The van der Waals surface area contributed by atoms with Crippen LogP contribution in [0.3, 0.4) is 0 Å². The van der Waals surface area contributed by atoms with Gasteiger partial charge >= 0.3 is 0 Å². The summed E-state index contributed by atoms with van der Waals surface area (Å²) in [5.41, 5.74) is 17.6. The zero-order valence-electron chi connectivity index (χ0n) is 26.0. The highest BCUT2D eigenvalue weighted by molar-refractivity contribution is 5.98. The Bertz CT molecular complexity index is 2270. The van der Waals surface area contributed by atoms with E-state index in [9.17, 15) is 0 Å². The topological polar surface area (TPSA) is 6.48 Å². The SMILES string of the molecule is c1ccc(-c2ccc(N3c4ccccc4C4(c5ccccc5N5CCc6ccccc6-c6cccc4c65)c4ccccc43)cc2)cc1. The third kappa shape index (κ3) is 3.61. The highest BCUT2D eigenvalue weighted by Gasteiger charge is 2.52. The molecule has 10 rings (SSSR count). The Morgan fingerprint density at radius 3 is 1.66 bits per heavy atom. The predicted octanol–water partition coefficient (Wildman–Crippen LogP) is 11.2. The van der Waals surface area contributed by atoms with Gasteiger partial charge in [0.25, 0.3) is 0 Å². The van der Waals surface area contributed by atoms with Gasteiger partial charge in [-0.15, -0.1) is 0 Å². The van der Waals surface area contributed by atoms with Crippen molar-refractivity contribution in [3.8, 4) is 22.3 Å². The normalized spacial score (nSPS) is 14.7. The Morgan fingerprint density at radius 2 is 0.936 bits per heavy atom. The number of hydrogen-bond donors (Lipinski definition) is 0. The molecule has 0 saturated heterocycles. The van der Waals surface area contributed by atoms with Gasteiger partial charge in [-0.1, -0.05) is 140 Å². The van der Waals surface area contributed by atoms with Gasteiger partial charge in [0, 0.05) is 23.5 Å². The van der Waals surface area contributed by atoms with Crippen LogP contribution in [0.15, 0.2) is 170 Å². The van der Waals surface area contributed by atoms with Crippen LogP contribution in [0.4, 0.5) is 28.4 Å². The molecule has 0 N–H and O–H groups in total. The fraction of sp³-hybridized carbons (Fsp3) is 0.0667. The molecule has 0 fully saturated rings. The van der Waals surface area contributed by atoms with Crippen LogP contribution in [0, 0.1) is 0 Å². The lowest BCUT2D eigenvalue weighted by Gasteiger charge is -2.51. The second-order valence-electron chi connectivity index (χ2n) is 12.8. The van der Waals surface area contributed by atoms with Crippen LogP contribution in [-0.4, -0.2) is 6.54 Å². The van der Waals surface area contributed by atoms with Gasteiger partial charge in [0.1, 0.15) is 0 Å². The molecule has 3 heterocycles. The lowest BCUT2D eigenvalue weighted by molar-refractivity contribution is 0.706. The minimum atomic E-state index is -0.495. The number of fused-ring (bicyclic) bond motifs is 10. The van der Waals surface area contributed by atoms with Gasteiger partial charge in [-0.25, -0.2) is 0 Å². The molecule has 0 amide bonds. The smallest absolute Gasteiger partial charge is 0.0782 e. The molecule has 0 radical (unpaired) electrons. The summed E-state index contributed by atoms with van der Waals surface area (Å²) < 4.78 is 0. The Labute approximate surface area is 275 Å². The van der Waals surface area contributed by atoms with E-state index >= 15 is 0 Å². The largest absolute Gasteiger partial charge is 0.340 e. The molecular weight excluding hydrogens is 569 g/mol. The van der Waals surface area contributed by atoms with Crippen LogP contribution >= 0.6 is 0 Å². The summed E-state index contributed by atoms with van der Waals surface area (Å²) in [4.78, 5) is 5.07. The van der Waals surface area contributed by atoms with E-state index in [0.717, 1.165) is 18.7 Å². The van der Waals surface area contributed by atoms with Crippen LogP contribution < -0.4 is 9.80 Å². The first-order chi connectivity index (χ1) is 23.3. The molecule has 2 nitrogen and oxygen atoms in total. The molecule has 2 heteroatoms. The zero-order chi connectivity index (χ0) is 31.0. The van der Waals surface area contributed by atoms with Gasteiger partial charge in [0.05, 0.1) is 22.5 Å². The molecule has 3 aliphatic heterocycles.